The number of halogens is 3. The highest BCUT2D eigenvalue weighted by atomic mass is 79.9. The fourth-order valence-corrected chi connectivity index (χ4v) is 2.26. The molecule has 1 N–H and O–H groups in total. The average molecular weight is 339 g/mol. The summed E-state index contributed by atoms with van der Waals surface area (Å²) in [6.45, 7) is 0.785. The fourth-order valence-electron chi connectivity index (χ4n) is 0.948. The summed E-state index contributed by atoms with van der Waals surface area (Å²) in [5, 5.41) is 3.26. The van der Waals surface area contributed by atoms with Crippen LogP contribution in [0.5, 0.6) is 0 Å². The van der Waals surface area contributed by atoms with Crippen LogP contribution in [0, 0.1) is 0 Å². The van der Waals surface area contributed by atoms with Crippen LogP contribution in [-0.2, 0) is 0 Å². The lowest BCUT2D eigenvalue weighted by Gasteiger charge is -2.05. The van der Waals surface area contributed by atoms with Gasteiger partial charge in [-0.05, 0) is 34.1 Å². The maximum atomic E-state index is 5.51. The van der Waals surface area contributed by atoms with E-state index in [0.29, 0.717) is 5.88 Å². The number of rotatable bonds is 4. The molecule has 76 valence electrons. The number of anilines is 1. The van der Waals surface area contributed by atoms with Gasteiger partial charge in [0, 0.05) is 27.1 Å². The molecule has 0 aliphatic carbocycles. The summed E-state index contributed by atoms with van der Waals surface area (Å²) >= 11 is 12.4. The van der Waals surface area contributed by atoms with Crippen molar-refractivity contribution in [2.75, 3.05) is 17.7 Å². The van der Waals surface area contributed by atoms with Gasteiger partial charge in [0.2, 0.25) is 0 Å². The summed E-state index contributed by atoms with van der Waals surface area (Å²) in [5.74, 6) is 0.559. The number of nitrogens with one attached hydrogen (secondary N) is 1. The van der Waals surface area contributed by atoms with Crippen molar-refractivity contribution in [2.24, 2.45) is 0 Å². The predicted molar refractivity (Wildman–Crippen MR) is 70.2 cm³/mol. The second-order valence-corrected chi connectivity index (χ2v) is 4.71. The monoisotopic (exact) mass is 337 g/mol. The largest absolute Gasteiger partial charge is 0.381 e. The molecular weight excluding hydrogens is 329 g/mol. The quantitative estimate of drug-likeness (QED) is 0.632. The minimum absolute atomic E-state index is 0.559. The van der Waals surface area contributed by atoms with Crippen LogP contribution in [0.2, 0.25) is 0 Å². The molecule has 0 aliphatic heterocycles. The van der Waals surface area contributed by atoms with Gasteiger partial charge in [0.05, 0.1) is 0 Å². The van der Waals surface area contributed by atoms with Crippen molar-refractivity contribution in [1.82, 2.24) is 0 Å². The second-order valence-electron chi connectivity index (χ2n) is 2.63. The third-order valence-corrected chi connectivity index (χ3v) is 2.92. The first-order chi connectivity index (χ1) is 6.74. The Kier molecular flexibility index (Phi) is 5.60. The number of benzene rings is 1. The number of allylic oxidation sites excluding steroid dienone is 1. The van der Waals surface area contributed by atoms with Crippen LogP contribution in [0.25, 0.3) is 0 Å². The topological polar surface area (TPSA) is 12.0 Å². The zero-order valence-corrected chi connectivity index (χ0v) is 11.4. The molecule has 0 amide bonds. The molecule has 0 aromatic heterocycles. The van der Waals surface area contributed by atoms with Gasteiger partial charge in [-0.25, -0.2) is 0 Å². The van der Waals surface area contributed by atoms with Gasteiger partial charge in [0.15, 0.2) is 0 Å². The SMILES string of the molecule is ClC/C=C/CNc1ccc(Br)cc1Br. The maximum Gasteiger partial charge on any atom is 0.0487 e. The Morgan fingerprint density at radius 1 is 1.29 bits per heavy atom. The van der Waals surface area contributed by atoms with Crippen LogP contribution < -0.4 is 5.32 Å². The molecule has 0 bridgehead atoms. The van der Waals surface area contributed by atoms with Crippen LogP contribution in [0.15, 0.2) is 39.3 Å². The standard InChI is InChI=1S/C10H10Br2ClN/c11-8-3-4-10(9(12)7-8)14-6-2-1-5-13/h1-4,7,14H,5-6H2/b2-1+. The van der Waals surface area contributed by atoms with Crippen molar-refractivity contribution < 1.29 is 0 Å². The van der Waals surface area contributed by atoms with E-state index in [2.05, 4.69) is 37.2 Å². The van der Waals surface area contributed by atoms with Gasteiger partial charge in [0.25, 0.3) is 0 Å². The van der Waals surface area contributed by atoms with E-state index in [9.17, 15) is 0 Å². The van der Waals surface area contributed by atoms with E-state index in [4.69, 9.17) is 11.6 Å². The third-order valence-electron chi connectivity index (χ3n) is 1.60. The molecule has 14 heavy (non-hydrogen) atoms. The molecule has 1 rings (SSSR count). The lowest BCUT2D eigenvalue weighted by atomic mass is 10.3. The molecule has 0 spiro atoms. The number of hydrogen-bond donors (Lipinski definition) is 1. The summed E-state index contributed by atoms with van der Waals surface area (Å²) in [6, 6.07) is 6.02. The Morgan fingerprint density at radius 3 is 2.71 bits per heavy atom. The Morgan fingerprint density at radius 2 is 2.07 bits per heavy atom. The Balaban J connectivity index is 2.55. The Labute approximate surface area is 106 Å². The van der Waals surface area contributed by atoms with E-state index < -0.39 is 0 Å². The molecule has 0 saturated heterocycles. The summed E-state index contributed by atoms with van der Waals surface area (Å²) in [7, 11) is 0. The van der Waals surface area contributed by atoms with Crippen molar-refractivity contribution in [1.29, 1.82) is 0 Å². The van der Waals surface area contributed by atoms with Crippen LogP contribution in [-0.4, -0.2) is 12.4 Å². The first kappa shape index (κ1) is 12.1. The molecule has 4 heteroatoms. The zero-order valence-electron chi connectivity index (χ0n) is 7.43. The highest BCUT2D eigenvalue weighted by Gasteiger charge is 1.97. The molecule has 0 fully saturated rings. The van der Waals surface area contributed by atoms with Crippen molar-refractivity contribution in [3.05, 3.63) is 39.3 Å². The lowest BCUT2D eigenvalue weighted by molar-refractivity contribution is 1.31. The Hall–Kier alpha value is 0.01000. The molecule has 1 aromatic rings. The summed E-state index contributed by atoms with van der Waals surface area (Å²) < 4.78 is 2.11. The highest BCUT2D eigenvalue weighted by Crippen LogP contribution is 2.25. The van der Waals surface area contributed by atoms with Crippen molar-refractivity contribution in [2.45, 2.75) is 0 Å². The molecule has 0 saturated carbocycles. The molecule has 0 heterocycles. The van der Waals surface area contributed by atoms with E-state index >= 15 is 0 Å². The smallest absolute Gasteiger partial charge is 0.0487 e. The minimum atomic E-state index is 0.559. The van der Waals surface area contributed by atoms with Gasteiger partial charge in [-0.2, -0.15) is 0 Å². The molecule has 1 aromatic carbocycles. The number of alkyl halides is 1. The van der Waals surface area contributed by atoms with Gasteiger partial charge in [-0.1, -0.05) is 28.1 Å². The third kappa shape index (κ3) is 4.03. The molecule has 0 radical (unpaired) electrons. The predicted octanol–water partition coefficient (Wildman–Crippen LogP) is 4.42. The summed E-state index contributed by atoms with van der Waals surface area (Å²) in [4.78, 5) is 0. The lowest BCUT2D eigenvalue weighted by Crippen LogP contribution is -1.98. The Bertz CT molecular complexity index is 326. The summed E-state index contributed by atoms with van der Waals surface area (Å²) in [5.41, 5.74) is 1.08. The molecule has 0 aliphatic rings. The minimum Gasteiger partial charge on any atom is -0.381 e. The second kappa shape index (κ2) is 6.49. The molecule has 0 atom stereocenters. The van der Waals surface area contributed by atoms with E-state index in [1.807, 2.05) is 30.4 Å². The zero-order chi connectivity index (χ0) is 10.4. The maximum absolute atomic E-state index is 5.51. The van der Waals surface area contributed by atoms with Crippen molar-refractivity contribution in [3.8, 4) is 0 Å². The van der Waals surface area contributed by atoms with Gasteiger partial charge in [-0.3, -0.25) is 0 Å². The summed E-state index contributed by atoms with van der Waals surface area (Å²) in [6.07, 6.45) is 3.92. The van der Waals surface area contributed by atoms with Gasteiger partial charge in [-0.15, -0.1) is 11.6 Å². The average Bonchev–Trinajstić information content (AvgIpc) is 2.15. The van der Waals surface area contributed by atoms with Crippen LogP contribution in [0.3, 0.4) is 0 Å². The van der Waals surface area contributed by atoms with Crippen molar-refractivity contribution in [3.63, 3.8) is 0 Å². The first-order valence-electron chi connectivity index (χ1n) is 4.14. The normalized spacial score (nSPS) is 10.8. The fraction of sp³-hybridized carbons (Fsp3) is 0.200. The van der Waals surface area contributed by atoms with E-state index in [-0.39, 0.29) is 0 Å². The molecular formula is C10H10Br2ClN. The van der Waals surface area contributed by atoms with Gasteiger partial charge in [0.1, 0.15) is 0 Å². The van der Waals surface area contributed by atoms with E-state index in [1.165, 1.54) is 0 Å². The van der Waals surface area contributed by atoms with E-state index in [1.54, 1.807) is 0 Å². The van der Waals surface area contributed by atoms with E-state index in [0.717, 1.165) is 21.2 Å². The van der Waals surface area contributed by atoms with Crippen LogP contribution in [0.4, 0.5) is 5.69 Å². The van der Waals surface area contributed by atoms with Crippen LogP contribution >= 0.6 is 43.5 Å². The van der Waals surface area contributed by atoms with Gasteiger partial charge >= 0.3 is 0 Å². The highest BCUT2D eigenvalue weighted by molar-refractivity contribution is 9.11. The van der Waals surface area contributed by atoms with Crippen molar-refractivity contribution >= 4 is 49.1 Å². The molecule has 0 unspecified atom stereocenters. The molecule has 1 nitrogen and oxygen atoms in total. The van der Waals surface area contributed by atoms with Gasteiger partial charge < -0.3 is 5.32 Å². The van der Waals surface area contributed by atoms with Crippen LogP contribution in [0.1, 0.15) is 0 Å². The first-order valence-corrected chi connectivity index (χ1v) is 6.26. The number of hydrogen-bond acceptors (Lipinski definition) is 1.